The zero-order chi connectivity index (χ0) is 9.26. The van der Waals surface area contributed by atoms with Crippen LogP contribution in [-0.4, -0.2) is 6.54 Å². The van der Waals surface area contributed by atoms with Gasteiger partial charge in [0.25, 0.3) is 0 Å². The van der Waals surface area contributed by atoms with Gasteiger partial charge in [-0.2, -0.15) is 0 Å². The van der Waals surface area contributed by atoms with Gasteiger partial charge in [-0.1, -0.05) is 6.92 Å². The van der Waals surface area contributed by atoms with Crippen LogP contribution in [0, 0.1) is 12.8 Å². The van der Waals surface area contributed by atoms with Gasteiger partial charge in [-0.25, -0.2) is 0 Å². The topological polar surface area (TPSA) is 12.0 Å². The lowest BCUT2D eigenvalue weighted by atomic mass is 9.93. The summed E-state index contributed by atoms with van der Waals surface area (Å²) in [7, 11) is 0. The maximum absolute atomic E-state index is 3.59. The third kappa shape index (κ3) is 2.12. The van der Waals surface area contributed by atoms with E-state index in [0.717, 1.165) is 5.92 Å². The van der Waals surface area contributed by atoms with Crippen molar-refractivity contribution in [2.45, 2.75) is 32.7 Å². The summed E-state index contributed by atoms with van der Waals surface area (Å²) < 4.78 is 0. The molecule has 2 unspecified atom stereocenters. The highest BCUT2D eigenvalue weighted by Gasteiger charge is 2.20. The van der Waals surface area contributed by atoms with E-state index in [2.05, 4.69) is 31.3 Å². The van der Waals surface area contributed by atoms with E-state index in [9.17, 15) is 0 Å². The summed E-state index contributed by atoms with van der Waals surface area (Å²) in [5, 5.41) is 3.59. The second-order valence-corrected chi connectivity index (χ2v) is 5.40. The van der Waals surface area contributed by atoms with Crippen LogP contribution in [0.3, 0.4) is 0 Å². The Balaban J connectivity index is 2.08. The summed E-state index contributed by atoms with van der Waals surface area (Å²) in [6.45, 7) is 5.72. The third-order valence-electron chi connectivity index (χ3n) is 2.77. The molecule has 1 saturated heterocycles. The van der Waals surface area contributed by atoms with Gasteiger partial charge in [0.2, 0.25) is 0 Å². The van der Waals surface area contributed by atoms with Crippen LogP contribution in [0.25, 0.3) is 0 Å². The van der Waals surface area contributed by atoms with Gasteiger partial charge in [-0.15, -0.1) is 11.3 Å². The first-order valence-electron chi connectivity index (χ1n) is 5.05. The number of hydrogen-bond acceptors (Lipinski definition) is 2. The Morgan fingerprint density at radius 1 is 1.46 bits per heavy atom. The molecule has 0 aromatic carbocycles. The lowest BCUT2D eigenvalue weighted by Gasteiger charge is -2.27. The van der Waals surface area contributed by atoms with Gasteiger partial charge in [0, 0.05) is 15.8 Å². The molecule has 2 rings (SSSR count). The van der Waals surface area contributed by atoms with Gasteiger partial charge in [0.05, 0.1) is 0 Å². The number of rotatable bonds is 1. The van der Waals surface area contributed by atoms with Crippen LogP contribution < -0.4 is 5.32 Å². The predicted molar refractivity (Wildman–Crippen MR) is 58.2 cm³/mol. The molecule has 0 radical (unpaired) electrons. The first-order valence-corrected chi connectivity index (χ1v) is 5.87. The Hall–Kier alpha value is -0.340. The highest BCUT2D eigenvalue weighted by molar-refractivity contribution is 7.12. The Bertz CT molecular complexity index is 279. The molecule has 0 bridgehead atoms. The fourth-order valence-electron chi connectivity index (χ4n) is 1.96. The third-order valence-corrected chi connectivity index (χ3v) is 3.88. The van der Waals surface area contributed by atoms with Crippen molar-refractivity contribution >= 4 is 11.3 Å². The SMILES string of the molecule is Cc1ccc(C2CC(C)CCN2)s1. The lowest BCUT2D eigenvalue weighted by molar-refractivity contribution is 0.328. The normalized spacial score (nSPS) is 29.1. The highest BCUT2D eigenvalue weighted by Crippen LogP contribution is 2.30. The van der Waals surface area contributed by atoms with Gasteiger partial charge in [0.15, 0.2) is 0 Å². The molecule has 13 heavy (non-hydrogen) atoms. The smallest absolute Gasteiger partial charge is 0.0417 e. The first-order chi connectivity index (χ1) is 6.25. The van der Waals surface area contributed by atoms with Crippen molar-refractivity contribution in [2.24, 2.45) is 5.92 Å². The summed E-state index contributed by atoms with van der Waals surface area (Å²) in [5.74, 6) is 0.883. The molecule has 2 heterocycles. The van der Waals surface area contributed by atoms with Crippen LogP contribution in [0.2, 0.25) is 0 Å². The number of thiophene rings is 1. The summed E-state index contributed by atoms with van der Waals surface area (Å²) in [6, 6.07) is 5.12. The number of nitrogens with one attached hydrogen (secondary N) is 1. The average Bonchev–Trinajstić information content (AvgIpc) is 2.52. The summed E-state index contributed by atoms with van der Waals surface area (Å²) in [6.07, 6.45) is 2.64. The minimum absolute atomic E-state index is 0.627. The van der Waals surface area contributed by atoms with E-state index in [1.807, 2.05) is 11.3 Å². The van der Waals surface area contributed by atoms with E-state index < -0.39 is 0 Å². The number of hydrogen-bond donors (Lipinski definition) is 1. The Kier molecular flexibility index (Phi) is 2.70. The average molecular weight is 195 g/mol. The molecule has 0 saturated carbocycles. The minimum Gasteiger partial charge on any atom is -0.309 e. The van der Waals surface area contributed by atoms with Crippen molar-refractivity contribution < 1.29 is 0 Å². The molecular weight excluding hydrogens is 178 g/mol. The molecular formula is C11H17NS. The van der Waals surface area contributed by atoms with Gasteiger partial charge in [-0.05, 0) is 44.4 Å². The maximum atomic E-state index is 3.59. The number of piperidine rings is 1. The summed E-state index contributed by atoms with van der Waals surface area (Å²) >= 11 is 1.93. The fraction of sp³-hybridized carbons (Fsp3) is 0.636. The molecule has 1 nitrogen and oxygen atoms in total. The summed E-state index contributed by atoms with van der Waals surface area (Å²) in [5.41, 5.74) is 0. The Morgan fingerprint density at radius 3 is 2.92 bits per heavy atom. The van der Waals surface area contributed by atoms with E-state index >= 15 is 0 Å². The Morgan fingerprint density at radius 2 is 2.31 bits per heavy atom. The predicted octanol–water partition coefficient (Wildman–Crippen LogP) is 3.12. The lowest BCUT2D eigenvalue weighted by Crippen LogP contribution is -2.30. The molecule has 1 aliphatic rings. The zero-order valence-electron chi connectivity index (χ0n) is 8.34. The van der Waals surface area contributed by atoms with E-state index in [1.54, 1.807) is 0 Å². The molecule has 1 aliphatic heterocycles. The van der Waals surface area contributed by atoms with Gasteiger partial charge >= 0.3 is 0 Å². The van der Waals surface area contributed by atoms with Gasteiger partial charge in [0.1, 0.15) is 0 Å². The van der Waals surface area contributed by atoms with Crippen LogP contribution >= 0.6 is 11.3 Å². The molecule has 0 amide bonds. The van der Waals surface area contributed by atoms with E-state index in [0.29, 0.717) is 6.04 Å². The number of aryl methyl sites for hydroxylation is 1. The van der Waals surface area contributed by atoms with Crippen molar-refractivity contribution in [1.29, 1.82) is 0 Å². The van der Waals surface area contributed by atoms with E-state index in [1.165, 1.54) is 29.1 Å². The monoisotopic (exact) mass is 195 g/mol. The zero-order valence-corrected chi connectivity index (χ0v) is 9.16. The second-order valence-electron chi connectivity index (χ2n) is 4.08. The van der Waals surface area contributed by atoms with Gasteiger partial charge in [-0.3, -0.25) is 0 Å². The quantitative estimate of drug-likeness (QED) is 0.726. The van der Waals surface area contributed by atoms with Crippen molar-refractivity contribution in [3.8, 4) is 0 Å². The van der Waals surface area contributed by atoms with Crippen LogP contribution in [0.4, 0.5) is 0 Å². The van der Waals surface area contributed by atoms with Crippen molar-refractivity contribution in [1.82, 2.24) is 5.32 Å². The van der Waals surface area contributed by atoms with Crippen molar-refractivity contribution in [2.75, 3.05) is 6.54 Å². The van der Waals surface area contributed by atoms with Crippen LogP contribution in [0.1, 0.15) is 35.6 Å². The second kappa shape index (κ2) is 3.81. The maximum Gasteiger partial charge on any atom is 0.0417 e. The molecule has 72 valence electrons. The van der Waals surface area contributed by atoms with Crippen LogP contribution in [0.5, 0.6) is 0 Å². The van der Waals surface area contributed by atoms with Gasteiger partial charge < -0.3 is 5.32 Å². The van der Waals surface area contributed by atoms with Crippen molar-refractivity contribution in [3.63, 3.8) is 0 Å². The van der Waals surface area contributed by atoms with E-state index in [4.69, 9.17) is 0 Å². The van der Waals surface area contributed by atoms with Crippen LogP contribution in [-0.2, 0) is 0 Å². The minimum atomic E-state index is 0.627. The molecule has 1 fully saturated rings. The molecule has 1 aromatic heterocycles. The molecule has 2 atom stereocenters. The molecule has 1 N–H and O–H groups in total. The molecule has 2 heteroatoms. The van der Waals surface area contributed by atoms with Crippen molar-refractivity contribution in [3.05, 3.63) is 21.9 Å². The summed E-state index contributed by atoms with van der Waals surface area (Å²) in [4.78, 5) is 2.94. The fourth-order valence-corrected chi connectivity index (χ4v) is 2.93. The van der Waals surface area contributed by atoms with E-state index in [-0.39, 0.29) is 0 Å². The molecule has 0 spiro atoms. The molecule has 1 aromatic rings. The van der Waals surface area contributed by atoms with Crippen LogP contribution in [0.15, 0.2) is 12.1 Å². The first kappa shape index (κ1) is 9.22. The standard InChI is InChI=1S/C11H17NS/c1-8-5-6-12-10(7-8)11-4-3-9(2)13-11/h3-4,8,10,12H,5-7H2,1-2H3. The highest BCUT2D eigenvalue weighted by atomic mass is 32.1. The molecule has 0 aliphatic carbocycles. The Labute approximate surface area is 84.2 Å². The largest absolute Gasteiger partial charge is 0.309 e.